The van der Waals surface area contributed by atoms with Crippen molar-refractivity contribution in [2.75, 3.05) is 58.6 Å². The molecule has 2 heterocycles. The second-order valence-electron chi connectivity index (χ2n) is 6.55. The van der Waals surface area contributed by atoms with E-state index >= 15 is 0 Å². The summed E-state index contributed by atoms with van der Waals surface area (Å²) < 4.78 is 15.0. The van der Waals surface area contributed by atoms with E-state index in [1.807, 2.05) is 11.8 Å². The molecule has 0 saturated carbocycles. The summed E-state index contributed by atoms with van der Waals surface area (Å²) in [6, 6.07) is 0.440. The van der Waals surface area contributed by atoms with Crippen LogP contribution in [0.3, 0.4) is 0 Å². The van der Waals surface area contributed by atoms with Gasteiger partial charge in [-0.1, -0.05) is 6.42 Å². The first kappa shape index (κ1) is 25.9. The number of rotatable bonds is 15. The fraction of sp³-hybridized carbons (Fsp3) is 0.889. The number of carboxylic acid groups (broad SMARTS) is 1. The molecule has 0 spiro atoms. The Hall–Kier alpha value is -1.11. The zero-order valence-corrected chi connectivity index (χ0v) is 17.5. The van der Waals surface area contributed by atoms with Gasteiger partial charge >= 0.3 is 12.0 Å². The summed E-state index contributed by atoms with van der Waals surface area (Å²) in [6.07, 6.45) is 2.88. The van der Waals surface area contributed by atoms with Crippen LogP contribution in [0.5, 0.6) is 0 Å². The lowest BCUT2D eigenvalue weighted by Crippen LogP contribution is -2.36. The molecule has 10 nitrogen and oxygen atoms in total. The number of nitrogens with one attached hydrogen (secondary N) is 2. The molecule has 0 aromatic rings. The molecule has 0 bridgehead atoms. The molecule has 2 fully saturated rings. The van der Waals surface area contributed by atoms with Gasteiger partial charge in [0.1, 0.15) is 0 Å². The van der Waals surface area contributed by atoms with E-state index in [0.717, 1.165) is 25.0 Å². The van der Waals surface area contributed by atoms with Gasteiger partial charge in [0.25, 0.3) is 0 Å². The standard InChI is InChI=1S/C10H16N2O3S.C8H18O5/c13-8(14)4-2-1-3-7-9-6(5-16-7)11-10(15)12-9;9-1-3-11-5-7-13-8-6-12-4-2-10/h6-7,9H,1-5H2,(H,13,14)(H2,11,12,15);9-10H,1-8H2/t6-,7-,9-;/m0./s1. The molecule has 2 amide bonds. The van der Waals surface area contributed by atoms with Crippen LogP contribution in [0.4, 0.5) is 4.79 Å². The summed E-state index contributed by atoms with van der Waals surface area (Å²) in [5, 5.41) is 31.5. The van der Waals surface area contributed by atoms with E-state index in [9.17, 15) is 9.59 Å². The van der Waals surface area contributed by atoms with Crippen molar-refractivity contribution < 1.29 is 39.1 Å². The molecule has 2 saturated heterocycles. The van der Waals surface area contributed by atoms with Gasteiger partial charge in [-0.15, -0.1) is 0 Å². The summed E-state index contributed by atoms with van der Waals surface area (Å²) in [5.41, 5.74) is 0. The Balaban J connectivity index is 0.000000298. The molecule has 2 aliphatic heterocycles. The molecule has 2 rings (SSSR count). The minimum Gasteiger partial charge on any atom is -0.481 e. The van der Waals surface area contributed by atoms with E-state index in [0.29, 0.717) is 44.9 Å². The lowest BCUT2D eigenvalue weighted by Gasteiger charge is -2.16. The lowest BCUT2D eigenvalue weighted by atomic mass is 10.0. The number of urea groups is 1. The molecule has 0 radical (unpaired) electrons. The van der Waals surface area contributed by atoms with Crippen LogP contribution in [0.15, 0.2) is 0 Å². The minimum absolute atomic E-state index is 0.0413. The molecular weight excluding hydrogens is 404 g/mol. The highest BCUT2D eigenvalue weighted by molar-refractivity contribution is 8.00. The molecule has 2 aliphatic rings. The van der Waals surface area contributed by atoms with Crippen LogP contribution in [0.2, 0.25) is 0 Å². The zero-order chi connectivity index (χ0) is 21.3. The Morgan fingerprint density at radius 1 is 0.966 bits per heavy atom. The van der Waals surface area contributed by atoms with Crippen molar-refractivity contribution in [2.45, 2.75) is 43.0 Å². The van der Waals surface area contributed by atoms with Crippen molar-refractivity contribution in [1.29, 1.82) is 0 Å². The number of carbonyl (C=O) groups excluding carboxylic acids is 1. The number of fused-ring (bicyclic) bond motifs is 1. The first-order valence-corrected chi connectivity index (χ1v) is 11.0. The Morgan fingerprint density at radius 3 is 2.10 bits per heavy atom. The van der Waals surface area contributed by atoms with Gasteiger partial charge in [-0.05, 0) is 12.8 Å². The van der Waals surface area contributed by atoms with Crippen LogP contribution >= 0.6 is 11.8 Å². The number of hydrogen-bond acceptors (Lipinski definition) is 8. The van der Waals surface area contributed by atoms with Crippen molar-refractivity contribution in [3.63, 3.8) is 0 Å². The summed E-state index contributed by atoms with van der Waals surface area (Å²) >= 11 is 1.87. The molecular formula is C18H34N2O8S. The molecule has 170 valence electrons. The van der Waals surface area contributed by atoms with E-state index in [1.54, 1.807) is 0 Å². The van der Waals surface area contributed by atoms with E-state index in [2.05, 4.69) is 10.6 Å². The molecule has 0 aromatic heterocycles. The van der Waals surface area contributed by atoms with Crippen molar-refractivity contribution >= 4 is 23.8 Å². The first-order chi connectivity index (χ1) is 14.1. The molecule has 11 heteroatoms. The van der Waals surface area contributed by atoms with Crippen molar-refractivity contribution in [1.82, 2.24) is 10.6 Å². The SMILES string of the molecule is O=C(O)CCCC[C@@H]1SC[C@@H]2NC(=O)N[C@@H]21.OCCOCCOCCOCCO. The monoisotopic (exact) mass is 438 g/mol. The maximum Gasteiger partial charge on any atom is 0.315 e. The third-order valence-electron chi connectivity index (χ3n) is 4.28. The highest BCUT2D eigenvalue weighted by atomic mass is 32.2. The van der Waals surface area contributed by atoms with E-state index in [-0.39, 0.29) is 37.7 Å². The number of aliphatic carboxylic acids is 1. The summed E-state index contributed by atoms with van der Waals surface area (Å²) in [5.74, 6) is 0.236. The predicted molar refractivity (Wildman–Crippen MR) is 108 cm³/mol. The topological polar surface area (TPSA) is 147 Å². The van der Waals surface area contributed by atoms with Gasteiger partial charge < -0.3 is 40.2 Å². The Morgan fingerprint density at radius 2 is 1.55 bits per heavy atom. The second-order valence-corrected chi connectivity index (χ2v) is 7.82. The number of carbonyl (C=O) groups is 2. The van der Waals surface area contributed by atoms with Gasteiger partial charge in [-0.2, -0.15) is 11.8 Å². The van der Waals surface area contributed by atoms with Gasteiger partial charge in [0.2, 0.25) is 0 Å². The van der Waals surface area contributed by atoms with Gasteiger partial charge in [-0.3, -0.25) is 4.79 Å². The summed E-state index contributed by atoms with van der Waals surface area (Å²) in [4.78, 5) is 21.5. The average Bonchev–Trinajstić information content (AvgIpc) is 3.24. The Bertz CT molecular complexity index is 448. The third kappa shape index (κ3) is 12.2. The lowest BCUT2D eigenvalue weighted by molar-refractivity contribution is -0.137. The second kappa shape index (κ2) is 16.7. The predicted octanol–water partition coefficient (Wildman–Crippen LogP) is -0.182. The Kier molecular flexibility index (Phi) is 14.9. The molecule has 3 atom stereocenters. The minimum atomic E-state index is -0.729. The molecule has 0 unspecified atom stereocenters. The maximum absolute atomic E-state index is 11.1. The number of unbranched alkanes of at least 4 members (excludes halogenated alkanes) is 1. The number of aliphatic hydroxyl groups is 2. The molecule has 29 heavy (non-hydrogen) atoms. The van der Waals surface area contributed by atoms with E-state index < -0.39 is 5.97 Å². The maximum atomic E-state index is 11.1. The van der Waals surface area contributed by atoms with E-state index in [1.165, 1.54) is 0 Å². The fourth-order valence-electron chi connectivity index (χ4n) is 2.94. The summed E-state index contributed by atoms with van der Waals surface area (Å²) in [7, 11) is 0. The summed E-state index contributed by atoms with van der Waals surface area (Å²) in [6.45, 7) is 2.76. The van der Waals surface area contributed by atoms with Gasteiger partial charge in [0.05, 0.1) is 64.9 Å². The number of hydrogen-bond donors (Lipinski definition) is 5. The highest BCUT2D eigenvalue weighted by Gasteiger charge is 2.42. The normalized spacial score (nSPS) is 22.4. The largest absolute Gasteiger partial charge is 0.481 e. The highest BCUT2D eigenvalue weighted by Crippen LogP contribution is 2.33. The first-order valence-electron chi connectivity index (χ1n) is 9.93. The van der Waals surface area contributed by atoms with Crippen molar-refractivity contribution in [3.05, 3.63) is 0 Å². The quantitative estimate of drug-likeness (QED) is 0.173. The molecule has 0 aromatic carbocycles. The third-order valence-corrected chi connectivity index (χ3v) is 5.79. The number of thioether (sulfide) groups is 1. The van der Waals surface area contributed by atoms with Crippen LogP contribution in [-0.2, 0) is 19.0 Å². The average molecular weight is 439 g/mol. The van der Waals surface area contributed by atoms with Crippen LogP contribution in [0.1, 0.15) is 25.7 Å². The van der Waals surface area contributed by atoms with Crippen LogP contribution in [0, 0.1) is 0 Å². The van der Waals surface area contributed by atoms with Crippen LogP contribution in [-0.4, -0.2) is 103 Å². The number of aliphatic hydroxyl groups excluding tert-OH is 2. The number of ether oxygens (including phenoxy) is 3. The Labute approximate surface area is 175 Å². The van der Waals surface area contributed by atoms with Crippen LogP contribution < -0.4 is 10.6 Å². The van der Waals surface area contributed by atoms with Gasteiger partial charge in [-0.25, -0.2) is 4.79 Å². The molecule has 5 N–H and O–H groups in total. The van der Waals surface area contributed by atoms with Gasteiger partial charge in [0.15, 0.2) is 0 Å². The number of amides is 2. The van der Waals surface area contributed by atoms with Gasteiger partial charge in [0, 0.05) is 17.4 Å². The molecule has 0 aliphatic carbocycles. The van der Waals surface area contributed by atoms with Crippen molar-refractivity contribution in [2.24, 2.45) is 0 Å². The number of carboxylic acids is 1. The van der Waals surface area contributed by atoms with E-state index in [4.69, 9.17) is 29.5 Å². The smallest absolute Gasteiger partial charge is 0.315 e. The zero-order valence-electron chi connectivity index (χ0n) is 16.7. The fourth-order valence-corrected chi connectivity index (χ4v) is 4.48. The van der Waals surface area contributed by atoms with Crippen molar-refractivity contribution in [3.8, 4) is 0 Å². The van der Waals surface area contributed by atoms with Crippen LogP contribution in [0.25, 0.3) is 0 Å².